The summed E-state index contributed by atoms with van der Waals surface area (Å²) in [6.45, 7) is 8.08. The summed E-state index contributed by atoms with van der Waals surface area (Å²) in [6.07, 6.45) is 1.79. The van der Waals surface area contributed by atoms with Crippen molar-refractivity contribution in [1.29, 1.82) is 0 Å². The van der Waals surface area contributed by atoms with Gasteiger partial charge in [-0.05, 0) is 59.6 Å². The van der Waals surface area contributed by atoms with Gasteiger partial charge in [-0.15, -0.1) is 0 Å². The van der Waals surface area contributed by atoms with Gasteiger partial charge in [0.1, 0.15) is 5.82 Å². The first-order valence-electron chi connectivity index (χ1n) is 8.74. The molecule has 142 valence electrons. The molecule has 2 aromatic carbocycles. The molecule has 8 heteroatoms. The zero-order chi connectivity index (χ0) is 19.8. The smallest absolute Gasteiger partial charge is 0.264 e. The van der Waals surface area contributed by atoms with E-state index in [9.17, 15) is 9.18 Å². The molecule has 0 aliphatic carbocycles. The van der Waals surface area contributed by atoms with Crippen LogP contribution in [0.15, 0.2) is 39.6 Å². The van der Waals surface area contributed by atoms with E-state index in [2.05, 4.69) is 26.1 Å². The summed E-state index contributed by atoms with van der Waals surface area (Å²) >= 11 is 3.43. The maximum absolute atomic E-state index is 14.3. The van der Waals surface area contributed by atoms with Gasteiger partial charge >= 0.3 is 0 Å². The molecule has 0 radical (unpaired) electrons. The van der Waals surface area contributed by atoms with E-state index in [1.165, 1.54) is 29.9 Å². The number of ether oxygens (including phenoxy) is 1. The van der Waals surface area contributed by atoms with Crippen molar-refractivity contribution in [3.8, 4) is 11.4 Å². The Kier molecular flexibility index (Phi) is 4.87. The van der Waals surface area contributed by atoms with Crippen LogP contribution in [-0.4, -0.2) is 23.2 Å². The number of aromatic nitrogens is 2. The summed E-state index contributed by atoms with van der Waals surface area (Å²) in [5, 5.41) is 3.65. The highest BCUT2D eigenvalue weighted by Crippen LogP contribution is 2.31. The molecular weight excluding hydrogens is 427 g/mol. The van der Waals surface area contributed by atoms with E-state index in [0.29, 0.717) is 32.6 Å². The lowest BCUT2D eigenvalue weighted by Crippen LogP contribution is -2.29. The topological polar surface area (TPSA) is 60.5 Å². The van der Waals surface area contributed by atoms with E-state index < -0.39 is 5.82 Å². The SMILES string of the molecule is [C-]#[N+]c1cc(Br)c2nc([C@@H]3CCCN3)n(-c3ccc(OC)c(F)c3)c(=O)c2c1. The summed E-state index contributed by atoms with van der Waals surface area (Å²) in [4.78, 5) is 21.6. The minimum Gasteiger partial charge on any atom is -0.494 e. The van der Waals surface area contributed by atoms with Crippen molar-refractivity contribution in [2.75, 3.05) is 13.7 Å². The predicted molar refractivity (Wildman–Crippen MR) is 108 cm³/mol. The van der Waals surface area contributed by atoms with Crippen LogP contribution in [0.3, 0.4) is 0 Å². The second kappa shape index (κ2) is 7.34. The molecule has 1 N–H and O–H groups in total. The molecule has 1 saturated heterocycles. The molecule has 0 spiro atoms. The van der Waals surface area contributed by atoms with Crippen LogP contribution in [0.5, 0.6) is 5.75 Å². The minimum atomic E-state index is -0.562. The third-order valence-electron chi connectivity index (χ3n) is 4.83. The van der Waals surface area contributed by atoms with Gasteiger partial charge in [0.25, 0.3) is 5.56 Å². The van der Waals surface area contributed by atoms with Gasteiger partial charge in [0.05, 0.1) is 36.3 Å². The lowest BCUT2D eigenvalue weighted by Gasteiger charge is -2.19. The summed E-state index contributed by atoms with van der Waals surface area (Å²) in [7, 11) is 1.39. The van der Waals surface area contributed by atoms with Crippen molar-refractivity contribution in [1.82, 2.24) is 14.9 Å². The van der Waals surface area contributed by atoms with Crippen molar-refractivity contribution >= 4 is 32.5 Å². The van der Waals surface area contributed by atoms with Gasteiger partial charge in [-0.2, -0.15) is 0 Å². The van der Waals surface area contributed by atoms with Gasteiger partial charge in [-0.25, -0.2) is 14.2 Å². The van der Waals surface area contributed by atoms with Crippen molar-refractivity contribution in [2.45, 2.75) is 18.9 Å². The molecule has 4 rings (SSSR count). The number of methoxy groups -OCH3 is 1. The fourth-order valence-corrected chi connectivity index (χ4v) is 4.03. The Labute approximate surface area is 168 Å². The maximum atomic E-state index is 14.3. The number of fused-ring (bicyclic) bond motifs is 1. The average Bonchev–Trinajstić information content (AvgIpc) is 3.22. The van der Waals surface area contributed by atoms with Gasteiger partial charge in [0.15, 0.2) is 17.3 Å². The first kappa shape index (κ1) is 18.6. The highest BCUT2D eigenvalue weighted by molar-refractivity contribution is 9.10. The molecule has 2 heterocycles. The standard InChI is InChI=1S/C20H16BrFN4O2/c1-23-11-8-13-18(14(21)9-11)25-19(16-4-3-7-24-16)26(20(13)27)12-5-6-17(28-2)15(22)10-12/h5-6,8-10,16,24H,3-4,7H2,2H3/t16-/m0/s1. The first-order valence-corrected chi connectivity index (χ1v) is 9.53. The van der Waals surface area contributed by atoms with E-state index >= 15 is 0 Å². The number of nitrogens with one attached hydrogen (secondary N) is 1. The van der Waals surface area contributed by atoms with Gasteiger partial charge in [0.2, 0.25) is 0 Å². The fraction of sp³-hybridized carbons (Fsp3) is 0.250. The third kappa shape index (κ3) is 3.07. The van der Waals surface area contributed by atoms with E-state index in [0.717, 1.165) is 19.4 Å². The molecule has 3 aromatic rings. The number of rotatable bonds is 3. The summed E-state index contributed by atoms with van der Waals surface area (Å²) in [6, 6.07) is 7.42. The zero-order valence-corrected chi connectivity index (χ0v) is 16.6. The lowest BCUT2D eigenvalue weighted by atomic mass is 10.1. The quantitative estimate of drug-likeness (QED) is 0.615. The van der Waals surface area contributed by atoms with Crippen LogP contribution in [0.4, 0.5) is 10.1 Å². The largest absolute Gasteiger partial charge is 0.494 e. The van der Waals surface area contributed by atoms with Crippen LogP contribution in [0, 0.1) is 12.4 Å². The van der Waals surface area contributed by atoms with E-state index in [1.807, 2.05) is 0 Å². The van der Waals surface area contributed by atoms with Crippen molar-refractivity contribution in [2.24, 2.45) is 0 Å². The van der Waals surface area contributed by atoms with Crippen molar-refractivity contribution in [3.05, 3.63) is 68.2 Å². The number of nitrogens with zero attached hydrogens (tertiary/aromatic N) is 3. The van der Waals surface area contributed by atoms with Crippen molar-refractivity contribution < 1.29 is 9.13 Å². The van der Waals surface area contributed by atoms with Gasteiger partial charge in [0, 0.05) is 10.5 Å². The Hall–Kier alpha value is -2.76. The molecule has 1 aliphatic heterocycles. The van der Waals surface area contributed by atoms with Gasteiger partial charge in [-0.3, -0.25) is 9.36 Å². The average molecular weight is 443 g/mol. The Morgan fingerprint density at radius 2 is 2.21 bits per heavy atom. The monoisotopic (exact) mass is 442 g/mol. The van der Waals surface area contributed by atoms with E-state index in [1.54, 1.807) is 12.1 Å². The molecule has 1 atom stereocenters. The summed E-state index contributed by atoms with van der Waals surface area (Å²) < 4.78 is 21.3. The second-order valence-electron chi connectivity index (χ2n) is 6.51. The molecule has 0 bridgehead atoms. The Balaban J connectivity index is 2.06. The van der Waals surface area contributed by atoms with Crippen LogP contribution in [-0.2, 0) is 0 Å². The number of hydrogen-bond donors (Lipinski definition) is 1. The molecule has 0 saturated carbocycles. The Morgan fingerprint density at radius 3 is 2.86 bits per heavy atom. The lowest BCUT2D eigenvalue weighted by molar-refractivity contribution is 0.386. The van der Waals surface area contributed by atoms with Gasteiger partial charge < -0.3 is 10.1 Å². The van der Waals surface area contributed by atoms with E-state index in [4.69, 9.17) is 16.3 Å². The number of halogens is 2. The second-order valence-corrected chi connectivity index (χ2v) is 7.37. The van der Waals surface area contributed by atoms with Crippen LogP contribution in [0.1, 0.15) is 24.7 Å². The Bertz CT molecular complexity index is 1180. The highest BCUT2D eigenvalue weighted by atomic mass is 79.9. The maximum Gasteiger partial charge on any atom is 0.264 e. The Morgan fingerprint density at radius 1 is 1.39 bits per heavy atom. The van der Waals surface area contributed by atoms with Crippen LogP contribution in [0.2, 0.25) is 0 Å². The molecule has 0 unspecified atom stereocenters. The fourth-order valence-electron chi connectivity index (χ4n) is 3.50. The van der Waals surface area contributed by atoms with Crippen molar-refractivity contribution in [3.63, 3.8) is 0 Å². The summed E-state index contributed by atoms with van der Waals surface area (Å²) in [5.41, 5.74) is 0.846. The van der Waals surface area contributed by atoms with E-state index in [-0.39, 0.29) is 17.4 Å². The van der Waals surface area contributed by atoms with Gasteiger partial charge in [-0.1, -0.05) is 0 Å². The molecule has 1 fully saturated rings. The minimum absolute atomic E-state index is 0.101. The number of hydrogen-bond acceptors (Lipinski definition) is 4. The normalized spacial score (nSPS) is 16.3. The van der Waals surface area contributed by atoms with Crippen LogP contribution >= 0.6 is 15.9 Å². The van der Waals surface area contributed by atoms with Crippen LogP contribution < -0.4 is 15.6 Å². The third-order valence-corrected chi connectivity index (χ3v) is 5.44. The zero-order valence-electron chi connectivity index (χ0n) is 15.0. The first-order chi connectivity index (χ1) is 13.5. The highest BCUT2D eigenvalue weighted by Gasteiger charge is 2.25. The molecule has 0 amide bonds. The summed E-state index contributed by atoms with van der Waals surface area (Å²) in [5.74, 6) is 0.0633. The molecule has 6 nitrogen and oxygen atoms in total. The van der Waals surface area contributed by atoms with Crippen LogP contribution in [0.25, 0.3) is 21.4 Å². The number of benzene rings is 2. The molecular formula is C20H16BrFN4O2. The molecule has 1 aliphatic rings. The molecule has 28 heavy (non-hydrogen) atoms. The predicted octanol–water partition coefficient (Wildman–Crippen LogP) is 4.27. The molecule has 1 aromatic heterocycles.